The summed E-state index contributed by atoms with van der Waals surface area (Å²) in [5.74, 6) is -2.50. The average molecular weight is 148 g/mol. The first-order valence-corrected chi connectivity index (χ1v) is 2.66. The molecule has 0 bridgehead atoms. The number of hydrogen-bond acceptors (Lipinski definition) is 3. The van der Waals surface area contributed by atoms with Gasteiger partial charge in [-0.1, -0.05) is 0 Å². The summed E-state index contributed by atoms with van der Waals surface area (Å²) >= 11 is 0. The Morgan fingerprint density at radius 2 is 1.80 bits per heavy atom. The molecule has 0 aliphatic heterocycles. The van der Waals surface area contributed by atoms with Crippen molar-refractivity contribution in [2.75, 3.05) is 0 Å². The summed E-state index contributed by atoms with van der Waals surface area (Å²) in [6.07, 6.45) is -2.13. The Labute approximate surface area is 56.9 Å². The van der Waals surface area contributed by atoms with Gasteiger partial charge in [0.2, 0.25) is 0 Å². The van der Waals surface area contributed by atoms with Gasteiger partial charge in [-0.2, -0.15) is 0 Å². The van der Waals surface area contributed by atoms with Crippen molar-refractivity contribution >= 4 is 11.9 Å². The van der Waals surface area contributed by atoms with Crippen LogP contribution in [0.25, 0.3) is 0 Å². The highest BCUT2D eigenvalue weighted by Crippen LogP contribution is 1.95. The molecule has 0 fully saturated rings. The summed E-state index contributed by atoms with van der Waals surface area (Å²) in [7, 11) is 0. The Kier molecular flexibility index (Phi) is 3.42. The Balaban J connectivity index is 3.49. The monoisotopic (exact) mass is 148 g/mol. The summed E-state index contributed by atoms with van der Waals surface area (Å²) in [5, 5.41) is 24.6. The lowest BCUT2D eigenvalue weighted by Gasteiger charge is -2.00. The van der Waals surface area contributed by atoms with E-state index in [1.165, 1.54) is 0 Å². The topological polar surface area (TPSA) is 94.8 Å². The number of carboxylic acids is 2. The largest absolute Gasteiger partial charge is 0.481 e. The van der Waals surface area contributed by atoms with E-state index in [0.29, 0.717) is 0 Å². The van der Waals surface area contributed by atoms with E-state index in [9.17, 15) is 9.59 Å². The number of aliphatic hydroxyl groups is 1. The molecular weight excluding hydrogens is 140 g/mol. The second-order valence-corrected chi connectivity index (χ2v) is 1.79. The summed E-state index contributed by atoms with van der Waals surface area (Å²) < 4.78 is 0. The number of hydrogen-bond donors (Lipinski definition) is 3. The molecule has 0 aliphatic rings. The number of carbonyl (C=O) groups is 2. The van der Waals surface area contributed by atoms with Crippen LogP contribution in [0.1, 0.15) is 12.8 Å². The SMILES string of the molecule is O=C(O)CC[C@H](O)C(=O)O. The molecule has 10 heavy (non-hydrogen) atoms. The highest BCUT2D eigenvalue weighted by Gasteiger charge is 2.13. The van der Waals surface area contributed by atoms with E-state index < -0.39 is 18.0 Å². The predicted molar refractivity (Wildman–Crippen MR) is 30.5 cm³/mol. The van der Waals surface area contributed by atoms with Crippen LogP contribution in [0, 0.1) is 0 Å². The van der Waals surface area contributed by atoms with Crippen molar-refractivity contribution < 1.29 is 24.9 Å². The van der Waals surface area contributed by atoms with Crippen LogP contribution >= 0.6 is 0 Å². The van der Waals surface area contributed by atoms with Crippen LogP contribution in [0.2, 0.25) is 0 Å². The van der Waals surface area contributed by atoms with E-state index in [-0.39, 0.29) is 12.8 Å². The summed E-state index contributed by atoms with van der Waals surface area (Å²) in [5.41, 5.74) is 0. The minimum absolute atomic E-state index is 0.245. The Morgan fingerprint density at radius 3 is 2.10 bits per heavy atom. The third-order valence-electron chi connectivity index (χ3n) is 0.917. The van der Waals surface area contributed by atoms with Crippen LogP contribution in [0.4, 0.5) is 0 Å². The van der Waals surface area contributed by atoms with Gasteiger partial charge in [0.05, 0.1) is 0 Å². The van der Waals surface area contributed by atoms with Gasteiger partial charge >= 0.3 is 11.9 Å². The zero-order chi connectivity index (χ0) is 8.15. The third kappa shape index (κ3) is 3.85. The second kappa shape index (κ2) is 3.84. The minimum Gasteiger partial charge on any atom is -0.481 e. The molecule has 0 aliphatic carbocycles. The maximum absolute atomic E-state index is 9.87. The molecule has 0 heterocycles. The molecule has 0 aromatic rings. The fourth-order valence-electron chi connectivity index (χ4n) is 0.384. The molecule has 0 unspecified atom stereocenters. The van der Waals surface area contributed by atoms with E-state index in [0.717, 1.165) is 0 Å². The van der Waals surface area contributed by atoms with Crippen molar-refractivity contribution in [3.05, 3.63) is 0 Å². The lowest BCUT2D eigenvalue weighted by molar-refractivity contribution is -0.147. The van der Waals surface area contributed by atoms with Gasteiger partial charge in [-0.25, -0.2) is 4.79 Å². The molecule has 0 saturated heterocycles. The number of carboxylic acid groups (broad SMARTS) is 2. The number of aliphatic carboxylic acids is 2. The van der Waals surface area contributed by atoms with E-state index >= 15 is 0 Å². The Bertz CT molecular complexity index is 141. The van der Waals surface area contributed by atoms with Crippen LogP contribution in [-0.2, 0) is 9.59 Å². The normalized spacial score (nSPS) is 12.5. The van der Waals surface area contributed by atoms with Crippen LogP contribution in [0.5, 0.6) is 0 Å². The first-order chi connectivity index (χ1) is 4.54. The van der Waals surface area contributed by atoms with E-state index in [1.807, 2.05) is 0 Å². The van der Waals surface area contributed by atoms with Crippen molar-refractivity contribution in [2.45, 2.75) is 18.9 Å². The van der Waals surface area contributed by atoms with Gasteiger partial charge < -0.3 is 15.3 Å². The average Bonchev–Trinajstić information content (AvgIpc) is 1.82. The van der Waals surface area contributed by atoms with Gasteiger partial charge in [-0.15, -0.1) is 0 Å². The molecule has 5 heteroatoms. The summed E-state index contributed by atoms with van der Waals surface area (Å²) in [6, 6.07) is 0. The van der Waals surface area contributed by atoms with Crippen molar-refractivity contribution in [3.8, 4) is 0 Å². The molecule has 1 atom stereocenters. The molecule has 0 radical (unpaired) electrons. The quantitative estimate of drug-likeness (QED) is 0.489. The molecule has 5 nitrogen and oxygen atoms in total. The fourth-order valence-corrected chi connectivity index (χ4v) is 0.384. The fraction of sp³-hybridized carbons (Fsp3) is 0.600. The molecular formula is C5H8O5. The molecule has 3 N–H and O–H groups in total. The smallest absolute Gasteiger partial charge is 0.332 e. The van der Waals surface area contributed by atoms with Crippen molar-refractivity contribution in [2.24, 2.45) is 0 Å². The van der Waals surface area contributed by atoms with Gasteiger partial charge in [0.25, 0.3) is 0 Å². The number of rotatable bonds is 4. The van der Waals surface area contributed by atoms with Gasteiger partial charge in [0.1, 0.15) is 0 Å². The summed E-state index contributed by atoms with van der Waals surface area (Å²) in [6.45, 7) is 0. The van der Waals surface area contributed by atoms with Gasteiger partial charge in [0, 0.05) is 6.42 Å². The van der Waals surface area contributed by atoms with E-state index in [1.54, 1.807) is 0 Å². The van der Waals surface area contributed by atoms with Crippen LogP contribution in [0.15, 0.2) is 0 Å². The van der Waals surface area contributed by atoms with E-state index in [4.69, 9.17) is 15.3 Å². The van der Waals surface area contributed by atoms with Gasteiger partial charge in [0.15, 0.2) is 6.10 Å². The Hall–Kier alpha value is -1.10. The standard InChI is InChI=1S/C5H8O5/c6-3(5(9)10)1-2-4(7)8/h3,6H,1-2H2,(H,7,8)(H,9,10)/t3-/m0/s1. The Morgan fingerprint density at radius 1 is 1.30 bits per heavy atom. The maximum Gasteiger partial charge on any atom is 0.332 e. The van der Waals surface area contributed by atoms with Gasteiger partial charge in [-0.3, -0.25) is 4.79 Å². The lowest BCUT2D eigenvalue weighted by atomic mass is 10.2. The van der Waals surface area contributed by atoms with Crippen LogP contribution in [0.3, 0.4) is 0 Å². The zero-order valence-electron chi connectivity index (χ0n) is 5.15. The zero-order valence-corrected chi connectivity index (χ0v) is 5.15. The summed E-state index contributed by atoms with van der Waals surface area (Å²) in [4.78, 5) is 19.7. The molecule has 58 valence electrons. The van der Waals surface area contributed by atoms with Crippen molar-refractivity contribution in [3.63, 3.8) is 0 Å². The predicted octanol–water partition coefficient (Wildman–Crippen LogP) is -0.703. The highest BCUT2D eigenvalue weighted by molar-refractivity contribution is 5.73. The minimum atomic E-state index is -1.56. The molecule has 0 saturated carbocycles. The maximum atomic E-state index is 9.87. The van der Waals surface area contributed by atoms with E-state index in [2.05, 4.69) is 0 Å². The van der Waals surface area contributed by atoms with Crippen molar-refractivity contribution in [1.29, 1.82) is 0 Å². The molecule has 0 aromatic carbocycles. The van der Waals surface area contributed by atoms with Gasteiger partial charge in [-0.05, 0) is 6.42 Å². The first kappa shape index (κ1) is 8.90. The highest BCUT2D eigenvalue weighted by atomic mass is 16.4. The first-order valence-electron chi connectivity index (χ1n) is 2.66. The molecule has 0 amide bonds. The molecule has 0 spiro atoms. The third-order valence-corrected chi connectivity index (χ3v) is 0.917. The molecule has 0 aromatic heterocycles. The second-order valence-electron chi connectivity index (χ2n) is 1.79. The molecule has 0 rings (SSSR count). The number of aliphatic hydroxyl groups excluding tert-OH is 1. The van der Waals surface area contributed by atoms with Crippen LogP contribution < -0.4 is 0 Å². The lowest BCUT2D eigenvalue weighted by Crippen LogP contribution is -2.20. The van der Waals surface area contributed by atoms with Crippen LogP contribution in [-0.4, -0.2) is 33.4 Å². The van der Waals surface area contributed by atoms with Crippen molar-refractivity contribution in [1.82, 2.24) is 0 Å².